The Morgan fingerprint density at radius 1 is 0.905 bits per heavy atom. The van der Waals surface area contributed by atoms with Crippen molar-refractivity contribution in [2.45, 2.75) is 65.1 Å². The van der Waals surface area contributed by atoms with Crippen molar-refractivity contribution in [3.63, 3.8) is 0 Å². The van der Waals surface area contributed by atoms with Crippen LogP contribution in [0.3, 0.4) is 0 Å². The van der Waals surface area contributed by atoms with Crippen LogP contribution in [0.2, 0.25) is 10.0 Å². The van der Waals surface area contributed by atoms with E-state index in [1.807, 2.05) is 70.2 Å². The Morgan fingerprint density at radius 3 is 2.12 bits per heavy atom. The molecule has 3 rings (SSSR count). The Kier molecular flexibility index (Phi) is 11.5. The number of benzene rings is 3. The number of halogens is 2. The molecule has 1 unspecified atom stereocenters. The van der Waals surface area contributed by atoms with Crippen LogP contribution in [0.15, 0.2) is 72.8 Å². The maximum atomic E-state index is 13.9. The lowest BCUT2D eigenvalue weighted by Gasteiger charge is -2.34. The Balaban J connectivity index is 1.92. The first-order valence-electron chi connectivity index (χ1n) is 13.8. The van der Waals surface area contributed by atoms with E-state index in [1.54, 1.807) is 35.2 Å². The number of hydrogen-bond acceptors (Lipinski definition) is 4. The van der Waals surface area contributed by atoms with Crippen molar-refractivity contribution in [2.75, 3.05) is 17.1 Å². The van der Waals surface area contributed by atoms with E-state index < -0.39 is 21.6 Å². The molecule has 0 aliphatic heterocycles. The molecule has 0 bridgehead atoms. The molecule has 0 aliphatic carbocycles. The van der Waals surface area contributed by atoms with E-state index in [0.717, 1.165) is 22.9 Å². The topological polar surface area (TPSA) is 86.8 Å². The van der Waals surface area contributed by atoms with Crippen molar-refractivity contribution in [2.24, 2.45) is 0 Å². The number of aryl methyl sites for hydroxylation is 1. The molecule has 0 saturated heterocycles. The molecule has 0 aromatic heterocycles. The summed E-state index contributed by atoms with van der Waals surface area (Å²) in [5.74, 6) is -0.555. The van der Waals surface area contributed by atoms with E-state index in [4.69, 9.17) is 23.2 Å². The Labute approximate surface area is 259 Å². The van der Waals surface area contributed by atoms with E-state index in [9.17, 15) is 18.0 Å². The number of hydrogen-bond donors (Lipinski definition) is 1. The molecule has 1 N–H and O–H groups in total. The third-order valence-corrected chi connectivity index (χ3v) is 8.51. The van der Waals surface area contributed by atoms with Gasteiger partial charge in [0.15, 0.2) is 0 Å². The van der Waals surface area contributed by atoms with Crippen molar-refractivity contribution >= 4 is 50.7 Å². The van der Waals surface area contributed by atoms with E-state index in [2.05, 4.69) is 5.32 Å². The zero-order valence-electron chi connectivity index (χ0n) is 24.7. The zero-order valence-corrected chi connectivity index (χ0v) is 27.1. The molecule has 0 saturated carbocycles. The van der Waals surface area contributed by atoms with Crippen LogP contribution in [-0.4, -0.2) is 49.5 Å². The summed E-state index contributed by atoms with van der Waals surface area (Å²) in [6.45, 7) is 7.84. The number of rotatable bonds is 12. The standard InChI is InChI=1S/C32H39Cl2N3O4S/c1-23-13-16-26(17-14-23)37(42(5,40)41)19-9-12-30(38)36(22-25-15-18-27(33)28(34)20-25)29(31(39)35-32(2,3)4)21-24-10-7-6-8-11-24/h6-8,10-11,13-18,20,29H,9,12,19,21-22H2,1-5H3,(H,35,39). The fourth-order valence-corrected chi connectivity index (χ4v) is 5.84. The number of amides is 2. The highest BCUT2D eigenvalue weighted by Crippen LogP contribution is 2.25. The fourth-order valence-electron chi connectivity index (χ4n) is 4.56. The highest BCUT2D eigenvalue weighted by Gasteiger charge is 2.32. The molecule has 3 aromatic rings. The number of carbonyl (C=O) groups excluding carboxylic acids is 2. The van der Waals surface area contributed by atoms with Gasteiger partial charge in [-0.05, 0) is 69.5 Å². The van der Waals surface area contributed by atoms with Crippen LogP contribution in [0.4, 0.5) is 5.69 Å². The highest BCUT2D eigenvalue weighted by atomic mass is 35.5. The first-order valence-corrected chi connectivity index (χ1v) is 16.4. The van der Waals surface area contributed by atoms with E-state index in [0.29, 0.717) is 22.2 Å². The van der Waals surface area contributed by atoms with Gasteiger partial charge in [-0.2, -0.15) is 0 Å². The number of anilines is 1. The molecule has 226 valence electrons. The monoisotopic (exact) mass is 631 g/mol. The molecule has 10 heteroatoms. The number of nitrogens with zero attached hydrogens (tertiary/aromatic N) is 2. The van der Waals surface area contributed by atoms with Crippen molar-refractivity contribution in [1.29, 1.82) is 0 Å². The van der Waals surface area contributed by atoms with Crippen LogP contribution >= 0.6 is 23.2 Å². The lowest BCUT2D eigenvalue weighted by atomic mass is 10.00. The summed E-state index contributed by atoms with van der Waals surface area (Å²) in [6.07, 6.45) is 1.75. The maximum absolute atomic E-state index is 13.9. The predicted octanol–water partition coefficient (Wildman–Crippen LogP) is 6.40. The van der Waals surface area contributed by atoms with Gasteiger partial charge in [-0.15, -0.1) is 0 Å². The smallest absolute Gasteiger partial charge is 0.243 e. The SMILES string of the molecule is Cc1ccc(N(CCCC(=O)N(Cc2ccc(Cl)c(Cl)c2)C(Cc2ccccc2)C(=O)NC(C)(C)C)S(C)(=O)=O)cc1. The van der Waals surface area contributed by atoms with Gasteiger partial charge in [0.25, 0.3) is 0 Å². The van der Waals surface area contributed by atoms with Crippen LogP contribution in [-0.2, 0) is 32.6 Å². The fraction of sp³-hybridized carbons (Fsp3) is 0.375. The minimum absolute atomic E-state index is 0.0350. The third kappa shape index (κ3) is 10.0. The molecule has 1 atom stereocenters. The zero-order chi connectivity index (χ0) is 31.1. The minimum Gasteiger partial charge on any atom is -0.350 e. The van der Waals surface area contributed by atoms with Gasteiger partial charge < -0.3 is 10.2 Å². The molecule has 0 heterocycles. The summed E-state index contributed by atoms with van der Waals surface area (Å²) in [7, 11) is -3.58. The molecule has 0 spiro atoms. The summed E-state index contributed by atoms with van der Waals surface area (Å²) in [6, 6.07) is 21.0. The molecule has 0 fully saturated rings. The van der Waals surface area contributed by atoms with Crippen molar-refractivity contribution in [3.05, 3.63) is 99.5 Å². The summed E-state index contributed by atoms with van der Waals surface area (Å²) in [5, 5.41) is 3.77. The summed E-state index contributed by atoms with van der Waals surface area (Å²) in [4.78, 5) is 29.2. The van der Waals surface area contributed by atoms with Crippen LogP contribution in [0.25, 0.3) is 0 Å². The summed E-state index contributed by atoms with van der Waals surface area (Å²) < 4.78 is 26.5. The molecule has 42 heavy (non-hydrogen) atoms. The normalized spacial score (nSPS) is 12.5. The largest absolute Gasteiger partial charge is 0.350 e. The van der Waals surface area contributed by atoms with Gasteiger partial charge in [0.1, 0.15) is 6.04 Å². The molecule has 0 radical (unpaired) electrons. The number of nitrogens with one attached hydrogen (secondary N) is 1. The second-order valence-electron chi connectivity index (χ2n) is 11.5. The Hall–Kier alpha value is -3.07. The first kappa shape index (κ1) is 33.4. The lowest BCUT2D eigenvalue weighted by molar-refractivity contribution is -0.142. The minimum atomic E-state index is -3.58. The second kappa shape index (κ2) is 14.4. The van der Waals surface area contributed by atoms with Crippen LogP contribution in [0.5, 0.6) is 0 Å². The molecule has 2 amide bonds. The van der Waals surface area contributed by atoms with E-state index in [1.165, 1.54) is 4.31 Å². The first-order chi connectivity index (χ1) is 19.6. The average molecular weight is 633 g/mol. The van der Waals surface area contributed by atoms with Gasteiger partial charge >= 0.3 is 0 Å². The van der Waals surface area contributed by atoms with Gasteiger partial charge in [-0.25, -0.2) is 8.42 Å². The Bertz CT molecular complexity index is 1470. The number of sulfonamides is 1. The van der Waals surface area contributed by atoms with Gasteiger partial charge in [0, 0.05) is 31.5 Å². The summed E-state index contributed by atoms with van der Waals surface area (Å²) >= 11 is 12.4. The summed E-state index contributed by atoms with van der Waals surface area (Å²) in [5.41, 5.74) is 2.65. The highest BCUT2D eigenvalue weighted by molar-refractivity contribution is 7.92. The van der Waals surface area contributed by atoms with Crippen molar-refractivity contribution in [3.8, 4) is 0 Å². The van der Waals surface area contributed by atoms with Crippen LogP contribution in [0, 0.1) is 6.92 Å². The van der Waals surface area contributed by atoms with Gasteiger partial charge in [-0.1, -0.05) is 77.3 Å². The number of carbonyl (C=O) groups is 2. The van der Waals surface area contributed by atoms with Gasteiger partial charge in [0.05, 0.1) is 22.0 Å². The van der Waals surface area contributed by atoms with Crippen molar-refractivity contribution in [1.82, 2.24) is 10.2 Å². The second-order valence-corrected chi connectivity index (χ2v) is 14.2. The van der Waals surface area contributed by atoms with E-state index in [-0.39, 0.29) is 37.7 Å². The van der Waals surface area contributed by atoms with Crippen LogP contribution in [0.1, 0.15) is 50.3 Å². The molecule has 3 aromatic carbocycles. The van der Waals surface area contributed by atoms with Gasteiger partial charge in [0.2, 0.25) is 21.8 Å². The Morgan fingerprint density at radius 2 is 1.55 bits per heavy atom. The maximum Gasteiger partial charge on any atom is 0.243 e. The molecular formula is C32H39Cl2N3O4S. The lowest BCUT2D eigenvalue weighted by Crippen LogP contribution is -2.54. The average Bonchev–Trinajstić information content (AvgIpc) is 2.90. The molecular weight excluding hydrogens is 593 g/mol. The predicted molar refractivity (Wildman–Crippen MR) is 171 cm³/mol. The third-order valence-electron chi connectivity index (χ3n) is 6.58. The molecule has 0 aliphatic rings. The molecule has 7 nitrogen and oxygen atoms in total. The van der Waals surface area contributed by atoms with Gasteiger partial charge in [-0.3, -0.25) is 13.9 Å². The quantitative estimate of drug-likeness (QED) is 0.250. The van der Waals surface area contributed by atoms with Crippen LogP contribution < -0.4 is 9.62 Å². The van der Waals surface area contributed by atoms with E-state index >= 15 is 0 Å². The van der Waals surface area contributed by atoms with Crippen molar-refractivity contribution < 1.29 is 18.0 Å².